The first-order valence-corrected chi connectivity index (χ1v) is 10.9. The highest BCUT2D eigenvalue weighted by Crippen LogP contribution is 2.26. The summed E-state index contributed by atoms with van der Waals surface area (Å²) in [7, 11) is 1.77. The molecule has 3 N–H and O–H groups in total. The van der Waals surface area contributed by atoms with Crippen LogP contribution in [0.1, 0.15) is 49.1 Å². The molecule has 3 rings (SSSR count). The average Bonchev–Trinajstić information content (AvgIpc) is 3.37. The smallest absolute Gasteiger partial charge is 0.227 e. The molecule has 1 aliphatic carbocycles. The summed E-state index contributed by atoms with van der Waals surface area (Å²) in [6.07, 6.45) is 5.30. The van der Waals surface area contributed by atoms with Crippen molar-refractivity contribution >= 4 is 17.6 Å². The number of benzene rings is 1. The molecule has 1 heterocycles. The molecule has 162 valence electrons. The van der Waals surface area contributed by atoms with E-state index in [-0.39, 0.29) is 11.8 Å². The van der Waals surface area contributed by atoms with Crippen LogP contribution < -0.4 is 16.0 Å². The molecule has 0 spiro atoms. The average molecular weight is 411 g/mol. The van der Waals surface area contributed by atoms with Gasteiger partial charge in [0, 0.05) is 44.0 Å². The number of hydrogen-bond donors (Lipinski definition) is 3. The zero-order valence-electron chi connectivity index (χ0n) is 18.4. The van der Waals surface area contributed by atoms with Crippen molar-refractivity contribution in [1.29, 1.82) is 0 Å². The van der Waals surface area contributed by atoms with Gasteiger partial charge in [-0.25, -0.2) is 0 Å². The van der Waals surface area contributed by atoms with E-state index in [1.165, 1.54) is 5.69 Å². The van der Waals surface area contributed by atoms with Crippen LogP contribution in [0.5, 0.6) is 0 Å². The summed E-state index contributed by atoms with van der Waals surface area (Å²) in [6, 6.07) is 10.1. The first kappa shape index (κ1) is 21.9. The number of aromatic nitrogens is 2. The number of nitrogens with one attached hydrogen (secondary N) is 3. The fourth-order valence-corrected chi connectivity index (χ4v) is 3.93. The van der Waals surface area contributed by atoms with Gasteiger partial charge in [-0.05, 0) is 56.9 Å². The number of aliphatic imine (C=N–C) groups is 1. The minimum atomic E-state index is 0.151. The molecule has 7 nitrogen and oxygen atoms in total. The second-order valence-corrected chi connectivity index (χ2v) is 8.03. The van der Waals surface area contributed by atoms with Gasteiger partial charge in [0.25, 0.3) is 0 Å². The van der Waals surface area contributed by atoms with Crippen LogP contribution in [0.15, 0.2) is 35.3 Å². The minimum Gasteiger partial charge on any atom is -0.356 e. The lowest BCUT2D eigenvalue weighted by atomic mass is 10.1. The van der Waals surface area contributed by atoms with Crippen LogP contribution in [-0.2, 0) is 17.9 Å². The quantitative estimate of drug-likeness (QED) is 0.354. The van der Waals surface area contributed by atoms with Crippen LogP contribution in [0.2, 0.25) is 0 Å². The van der Waals surface area contributed by atoms with Gasteiger partial charge >= 0.3 is 0 Å². The van der Waals surface area contributed by atoms with Crippen LogP contribution in [-0.4, -0.2) is 35.2 Å². The Balaban J connectivity index is 1.42. The molecule has 1 aliphatic rings. The zero-order chi connectivity index (χ0) is 21.3. The van der Waals surface area contributed by atoms with Crippen molar-refractivity contribution < 1.29 is 4.79 Å². The Bertz CT molecular complexity index is 866. The van der Waals surface area contributed by atoms with E-state index in [4.69, 9.17) is 0 Å². The van der Waals surface area contributed by atoms with Crippen molar-refractivity contribution in [2.45, 2.75) is 59.0 Å². The summed E-state index contributed by atoms with van der Waals surface area (Å²) >= 11 is 0. The third-order valence-electron chi connectivity index (χ3n) is 5.55. The second kappa shape index (κ2) is 10.8. The molecule has 7 heteroatoms. The fourth-order valence-electron chi connectivity index (χ4n) is 3.93. The van der Waals surface area contributed by atoms with Gasteiger partial charge in [0.2, 0.25) is 5.91 Å². The number of anilines is 1. The third-order valence-corrected chi connectivity index (χ3v) is 5.55. The van der Waals surface area contributed by atoms with Crippen molar-refractivity contribution in [3.8, 4) is 0 Å². The van der Waals surface area contributed by atoms with Crippen LogP contribution in [0.25, 0.3) is 0 Å². The molecular weight excluding hydrogens is 376 g/mol. The van der Waals surface area contributed by atoms with Crippen LogP contribution >= 0.6 is 0 Å². The first-order valence-electron chi connectivity index (χ1n) is 10.9. The first-order chi connectivity index (χ1) is 14.5. The summed E-state index contributed by atoms with van der Waals surface area (Å²) in [5, 5.41) is 14.2. The molecule has 0 atom stereocenters. The Morgan fingerprint density at radius 2 is 2.00 bits per heavy atom. The molecule has 0 bridgehead atoms. The molecular formula is C23H34N6O. The molecule has 1 aromatic carbocycles. The monoisotopic (exact) mass is 410 g/mol. The molecule has 1 fully saturated rings. The van der Waals surface area contributed by atoms with E-state index in [1.54, 1.807) is 7.05 Å². The largest absolute Gasteiger partial charge is 0.356 e. The minimum absolute atomic E-state index is 0.151. The van der Waals surface area contributed by atoms with Gasteiger partial charge in [0.15, 0.2) is 5.96 Å². The number of amides is 1. The van der Waals surface area contributed by atoms with Gasteiger partial charge in [-0.3, -0.25) is 14.5 Å². The lowest BCUT2D eigenvalue weighted by Gasteiger charge is -2.14. The number of rotatable bonds is 8. The highest BCUT2D eigenvalue weighted by molar-refractivity contribution is 5.92. The summed E-state index contributed by atoms with van der Waals surface area (Å²) in [4.78, 5) is 16.6. The predicted molar refractivity (Wildman–Crippen MR) is 122 cm³/mol. The fraction of sp³-hybridized carbons (Fsp3) is 0.522. The number of guanidine groups is 1. The molecule has 0 radical (unpaired) electrons. The van der Waals surface area contributed by atoms with E-state index in [0.717, 1.165) is 68.1 Å². The van der Waals surface area contributed by atoms with Gasteiger partial charge < -0.3 is 16.0 Å². The molecule has 30 heavy (non-hydrogen) atoms. The molecule has 1 saturated carbocycles. The molecule has 2 aromatic rings. The highest BCUT2D eigenvalue weighted by atomic mass is 16.1. The van der Waals surface area contributed by atoms with Gasteiger partial charge in [0.1, 0.15) is 0 Å². The Morgan fingerprint density at radius 3 is 2.70 bits per heavy atom. The van der Waals surface area contributed by atoms with E-state index in [2.05, 4.69) is 39.0 Å². The maximum atomic E-state index is 12.3. The maximum Gasteiger partial charge on any atom is 0.227 e. The lowest BCUT2D eigenvalue weighted by Crippen LogP contribution is -2.37. The second-order valence-electron chi connectivity index (χ2n) is 8.03. The third kappa shape index (κ3) is 6.34. The summed E-state index contributed by atoms with van der Waals surface area (Å²) in [5.41, 5.74) is 4.21. The topological polar surface area (TPSA) is 83.3 Å². The van der Waals surface area contributed by atoms with E-state index in [0.29, 0.717) is 6.54 Å². The van der Waals surface area contributed by atoms with Gasteiger partial charge in [-0.1, -0.05) is 25.0 Å². The van der Waals surface area contributed by atoms with Gasteiger partial charge in [0.05, 0.1) is 5.69 Å². The number of nitrogens with zero attached hydrogens (tertiary/aromatic N) is 3. The highest BCUT2D eigenvalue weighted by Gasteiger charge is 2.22. The van der Waals surface area contributed by atoms with Crippen LogP contribution in [0, 0.1) is 19.8 Å². The van der Waals surface area contributed by atoms with Crippen molar-refractivity contribution in [3.05, 3.63) is 47.3 Å². The predicted octanol–water partition coefficient (Wildman–Crippen LogP) is 3.38. The van der Waals surface area contributed by atoms with Crippen molar-refractivity contribution in [1.82, 2.24) is 20.4 Å². The Labute approximate surface area is 179 Å². The SMILES string of the molecule is CN=C(NCCCn1nc(C)cc1C)NCc1cccc(NC(=O)C2CCCC2)c1. The summed E-state index contributed by atoms with van der Waals surface area (Å²) in [5.74, 6) is 1.09. The number of hydrogen-bond acceptors (Lipinski definition) is 3. The zero-order valence-corrected chi connectivity index (χ0v) is 18.4. The summed E-state index contributed by atoms with van der Waals surface area (Å²) < 4.78 is 2.04. The lowest BCUT2D eigenvalue weighted by molar-refractivity contribution is -0.119. The van der Waals surface area contributed by atoms with Gasteiger partial charge in [-0.2, -0.15) is 5.10 Å². The number of aryl methyl sites for hydroxylation is 3. The van der Waals surface area contributed by atoms with Crippen molar-refractivity contribution in [3.63, 3.8) is 0 Å². The van der Waals surface area contributed by atoms with Crippen molar-refractivity contribution in [2.24, 2.45) is 10.9 Å². The molecule has 0 saturated heterocycles. The molecule has 1 aromatic heterocycles. The summed E-state index contributed by atoms with van der Waals surface area (Å²) in [6.45, 7) is 6.44. The Kier molecular flexibility index (Phi) is 7.88. The van der Waals surface area contributed by atoms with E-state index in [1.807, 2.05) is 35.9 Å². The van der Waals surface area contributed by atoms with E-state index in [9.17, 15) is 4.79 Å². The standard InChI is InChI=1S/C23H34N6O/c1-17-14-18(2)29(28-17)13-7-12-25-23(24-3)26-16-19-8-6-11-21(15-19)27-22(30)20-9-4-5-10-20/h6,8,11,14-15,20H,4-5,7,9-10,12-13,16H2,1-3H3,(H,27,30)(H2,24,25,26). The molecule has 0 aliphatic heterocycles. The van der Waals surface area contributed by atoms with Crippen LogP contribution in [0.4, 0.5) is 5.69 Å². The number of carbonyl (C=O) groups excluding carboxylic acids is 1. The Morgan fingerprint density at radius 1 is 1.20 bits per heavy atom. The molecule has 1 amide bonds. The van der Waals surface area contributed by atoms with Crippen molar-refractivity contribution in [2.75, 3.05) is 18.9 Å². The normalized spacial score (nSPS) is 14.7. The van der Waals surface area contributed by atoms with E-state index >= 15 is 0 Å². The Hall–Kier alpha value is -2.83. The maximum absolute atomic E-state index is 12.3. The number of carbonyl (C=O) groups is 1. The van der Waals surface area contributed by atoms with Crippen LogP contribution in [0.3, 0.4) is 0 Å². The van der Waals surface area contributed by atoms with Gasteiger partial charge in [-0.15, -0.1) is 0 Å². The van der Waals surface area contributed by atoms with E-state index < -0.39 is 0 Å². The molecule has 0 unspecified atom stereocenters.